The van der Waals surface area contributed by atoms with Crippen LogP contribution in [0, 0.1) is 16.7 Å². The van der Waals surface area contributed by atoms with Crippen LogP contribution in [0.1, 0.15) is 52.9 Å². The maximum Gasteiger partial charge on any atom is 0.238 e. The number of amides is 1. The van der Waals surface area contributed by atoms with E-state index in [1.165, 1.54) is 4.31 Å². The van der Waals surface area contributed by atoms with Crippen molar-refractivity contribution in [2.24, 2.45) is 16.7 Å². The van der Waals surface area contributed by atoms with Gasteiger partial charge < -0.3 is 0 Å². The van der Waals surface area contributed by atoms with E-state index in [2.05, 4.69) is 13.8 Å². The normalized spacial score (nSPS) is 41.5. The predicted octanol–water partition coefficient (Wildman–Crippen LogP) is 2.15. The highest BCUT2D eigenvalue weighted by atomic mass is 32.2. The minimum absolute atomic E-state index is 0.0476. The molecule has 0 aromatic heterocycles. The molecule has 3 rings (SSSR count). The predicted molar refractivity (Wildman–Crippen MR) is 72.9 cm³/mol. The summed E-state index contributed by atoms with van der Waals surface area (Å²) in [6.07, 6.45) is 4.01. The Morgan fingerprint density at radius 1 is 1.37 bits per heavy atom. The summed E-state index contributed by atoms with van der Waals surface area (Å²) in [6, 6.07) is -0.0645. The number of nitrogens with zero attached hydrogens (tertiary/aromatic N) is 1. The molecule has 1 saturated heterocycles. The molecule has 1 heterocycles. The lowest BCUT2D eigenvalue weighted by Crippen LogP contribution is -2.44. The SMILES string of the molecule is CCCC(=O)N1[C@@H]2C[C@H]3CC[C@@]2(CS1(=O)=O)C3(C)C. The molecular weight excluding hydrogens is 262 g/mol. The van der Waals surface area contributed by atoms with E-state index < -0.39 is 10.0 Å². The molecule has 2 bridgehead atoms. The van der Waals surface area contributed by atoms with Crippen molar-refractivity contribution in [1.82, 2.24) is 4.31 Å². The van der Waals surface area contributed by atoms with Crippen molar-refractivity contribution in [3.63, 3.8) is 0 Å². The highest BCUT2D eigenvalue weighted by molar-refractivity contribution is 7.90. The third kappa shape index (κ3) is 1.45. The Morgan fingerprint density at radius 2 is 2.05 bits per heavy atom. The van der Waals surface area contributed by atoms with Gasteiger partial charge in [-0.1, -0.05) is 20.8 Å². The molecule has 108 valence electrons. The van der Waals surface area contributed by atoms with Crippen LogP contribution in [0.15, 0.2) is 0 Å². The number of sulfonamides is 1. The monoisotopic (exact) mass is 285 g/mol. The summed E-state index contributed by atoms with van der Waals surface area (Å²) in [5.41, 5.74) is -0.133. The fourth-order valence-corrected chi connectivity index (χ4v) is 7.52. The average Bonchev–Trinajstić information content (AvgIpc) is 2.75. The van der Waals surface area contributed by atoms with Crippen molar-refractivity contribution in [2.75, 3.05) is 5.75 Å². The maximum atomic E-state index is 12.5. The summed E-state index contributed by atoms with van der Waals surface area (Å²) < 4.78 is 26.2. The van der Waals surface area contributed by atoms with E-state index in [-0.39, 0.29) is 28.5 Å². The molecule has 19 heavy (non-hydrogen) atoms. The molecule has 1 spiro atoms. The number of hydrogen-bond acceptors (Lipinski definition) is 3. The quantitative estimate of drug-likeness (QED) is 0.781. The summed E-state index contributed by atoms with van der Waals surface area (Å²) in [5.74, 6) is 0.571. The second kappa shape index (κ2) is 3.74. The highest BCUT2D eigenvalue weighted by Crippen LogP contribution is 2.69. The molecule has 1 aliphatic heterocycles. The molecule has 2 saturated carbocycles. The third-order valence-corrected chi connectivity index (χ3v) is 8.06. The van der Waals surface area contributed by atoms with E-state index >= 15 is 0 Å². The minimum Gasteiger partial charge on any atom is -0.274 e. The van der Waals surface area contributed by atoms with Crippen LogP contribution in [0.2, 0.25) is 0 Å². The van der Waals surface area contributed by atoms with Crippen molar-refractivity contribution in [2.45, 2.75) is 58.9 Å². The van der Waals surface area contributed by atoms with Crippen molar-refractivity contribution in [3.8, 4) is 0 Å². The Labute approximate surface area is 115 Å². The molecule has 0 aromatic carbocycles. The van der Waals surface area contributed by atoms with Crippen LogP contribution in [0.3, 0.4) is 0 Å². The highest BCUT2D eigenvalue weighted by Gasteiger charge is 2.72. The number of rotatable bonds is 2. The van der Waals surface area contributed by atoms with E-state index in [9.17, 15) is 13.2 Å². The smallest absolute Gasteiger partial charge is 0.238 e. The van der Waals surface area contributed by atoms with E-state index in [0.29, 0.717) is 18.8 Å². The Morgan fingerprint density at radius 3 is 2.63 bits per heavy atom. The Balaban J connectivity index is 2.04. The molecule has 3 aliphatic rings. The van der Waals surface area contributed by atoms with Crippen molar-refractivity contribution < 1.29 is 13.2 Å². The molecule has 2 aliphatic carbocycles. The second-order valence-corrected chi connectivity index (χ2v) is 8.91. The first-order valence-electron chi connectivity index (χ1n) is 7.31. The average molecular weight is 285 g/mol. The first-order valence-corrected chi connectivity index (χ1v) is 8.92. The molecule has 1 amide bonds. The fourth-order valence-electron chi connectivity index (χ4n) is 4.94. The van der Waals surface area contributed by atoms with Gasteiger partial charge in [-0.2, -0.15) is 0 Å². The van der Waals surface area contributed by atoms with Crippen molar-refractivity contribution >= 4 is 15.9 Å². The van der Waals surface area contributed by atoms with E-state index in [0.717, 1.165) is 19.3 Å². The molecule has 3 atom stereocenters. The minimum atomic E-state index is -3.40. The Kier molecular flexibility index (Phi) is 2.64. The van der Waals surface area contributed by atoms with Gasteiger partial charge in [-0.25, -0.2) is 12.7 Å². The van der Waals surface area contributed by atoms with E-state index in [4.69, 9.17) is 0 Å². The molecule has 0 aromatic rings. The second-order valence-electron chi connectivity index (χ2n) is 7.06. The van der Waals surface area contributed by atoms with Gasteiger partial charge in [0.05, 0.1) is 11.8 Å². The largest absolute Gasteiger partial charge is 0.274 e. The van der Waals surface area contributed by atoms with E-state index in [1.807, 2.05) is 6.92 Å². The van der Waals surface area contributed by atoms with Gasteiger partial charge in [0.15, 0.2) is 0 Å². The Bertz CT molecular complexity index is 525. The number of carbonyl (C=O) groups is 1. The zero-order chi connectivity index (χ0) is 14.1. The summed E-state index contributed by atoms with van der Waals surface area (Å²) in [4.78, 5) is 12.2. The number of fused-ring (bicyclic) bond motifs is 1. The molecule has 0 unspecified atom stereocenters. The molecule has 3 fully saturated rings. The van der Waals surface area contributed by atoms with Crippen molar-refractivity contribution in [3.05, 3.63) is 0 Å². The zero-order valence-electron chi connectivity index (χ0n) is 12.0. The van der Waals surface area contributed by atoms with Gasteiger partial charge in [-0.15, -0.1) is 0 Å². The number of hydrogen-bond donors (Lipinski definition) is 0. The zero-order valence-corrected chi connectivity index (χ0v) is 12.8. The first kappa shape index (κ1) is 13.4. The topological polar surface area (TPSA) is 54.5 Å². The molecular formula is C14H23NO3S. The standard InChI is InChI=1S/C14H23NO3S/c1-4-5-12(16)15-11-8-10-6-7-14(11,13(10,2)3)9-19(15,17)18/h10-11H,4-9H2,1-3H3/t10-,11-,14+/m1/s1. The lowest BCUT2D eigenvalue weighted by Gasteiger charge is -2.37. The molecule has 5 heteroatoms. The molecule has 0 radical (unpaired) electrons. The van der Waals surface area contributed by atoms with Crippen LogP contribution in [-0.2, 0) is 14.8 Å². The van der Waals surface area contributed by atoms with Crippen LogP contribution < -0.4 is 0 Å². The van der Waals surface area contributed by atoms with Gasteiger partial charge in [0.2, 0.25) is 15.9 Å². The summed E-state index contributed by atoms with van der Waals surface area (Å²) in [6.45, 7) is 6.32. The van der Waals surface area contributed by atoms with Crippen molar-refractivity contribution in [1.29, 1.82) is 0 Å². The lowest BCUT2D eigenvalue weighted by molar-refractivity contribution is -0.129. The van der Waals surface area contributed by atoms with Crippen LogP contribution in [0.4, 0.5) is 0 Å². The van der Waals surface area contributed by atoms with Gasteiger partial charge in [-0.05, 0) is 37.0 Å². The van der Waals surface area contributed by atoms with Crippen LogP contribution in [-0.4, -0.2) is 30.4 Å². The number of carbonyl (C=O) groups excluding carboxylic acids is 1. The van der Waals surface area contributed by atoms with Gasteiger partial charge in [0.1, 0.15) is 0 Å². The van der Waals surface area contributed by atoms with Gasteiger partial charge in [0.25, 0.3) is 0 Å². The summed E-state index contributed by atoms with van der Waals surface area (Å²) in [5, 5.41) is 0. The van der Waals surface area contributed by atoms with Gasteiger partial charge in [0, 0.05) is 11.8 Å². The van der Waals surface area contributed by atoms with Crippen LogP contribution >= 0.6 is 0 Å². The van der Waals surface area contributed by atoms with Crippen LogP contribution in [0.5, 0.6) is 0 Å². The summed E-state index contributed by atoms with van der Waals surface area (Å²) >= 11 is 0. The van der Waals surface area contributed by atoms with Crippen LogP contribution in [0.25, 0.3) is 0 Å². The Hall–Kier alpha value is -0.580. The van der Waals surface area contributed by atoms with Gasteiger partial charge in [-0.3, -0.25) is 4.79 Å². The maximum absolute atomic E-state index is 12.5. The fraction of sp³-hybridized carbons (Fsp3) is 0.929. The molecule has 4 nitrogen and oxygen atoms in total. The summed E-state index contributed by atoms with van der Waals surface area (Å²) in [7, 11) is -3.40. The lowest BCUT2D eigenvalue weighted by atomic mass is 9.69. The van der Waals surface area contributed by atoms with E-state index in [1.54, 1.807) is 0 Å². The third-order valence-electron chi connectivity index (χ3n) is 6.12. The van der Waals surface area contributed by atoms with Gasteiger partial charge >= 0.3 is 0 Å². The first-order chi connectivity index (χ1) is 8.76. The molecule has 0 N–H and O–H groups in total.